The highest BCUT2D eigenvalue weighted by atomic mass is 16.3. The molecule has 6 rings (SSSR count). The topological polar surface area (TPSA) is 277 Å². The van der Waals surface area contributed by atoms with Gasteiger partial charge in [-0.25, -0.2) is 0 Å². The second kappa shape index (κ2) is 18.8. The Morgan fingerprint density at radius 2 is 0.820 bits per heavy atom. The highest BCUT2D eigenvalue weighted by Crippen LogP contribution is 2.44. The van der Waals surface area contributed by atoms with Crippen LogP contribution in [0.4, 0.5) is 22.7 Å². The van der Waals surface area contributed by atoms with E-state index in [0.717, 1.165) is 0 Å². The van der Waals surface area contributed by atoms with Crippen molar-refractivity contribution in [3.05, 3.63) is 93.0 Å². The summed E-state index contributed by atoms with van der Waals surface area (Å²) in [6.07, 6.45) is 2.39. The van der Waals surface area contributed by atoms with Crippen LogP contribution in [0.25, 0.3) is 0 Å². The number of nitrogens with one attached hydrogen (secondary N) is 4. The smallest absolute Gasteiger partial charge is 0.200 e. The Kier molecular flexibility index (Phi) is 13.4. The number of rotatable bonds is 19. The van der Waals surface area contributed by atoms with Gasteiger partial charge in [-0.3, -0.25) is 29.2 Å². The quantitative estimate of drug-likeness (QED) is 0.0236. The summed E-state index contributed by atoms with van der Waals surface area (Å²) in [5, 5.41) is 55.0. The summed E-state index contributed by atoms with van der Waals surface area (Å²) in [5.41, 5.74) is 13.2. The number of likely N-dealkylation sites (N-methyl/N-ethyl adjacent to an activating group) is 1. The van der Waals surface area contributed by atoms with Crippen LogP contribution in [-0.2, 0) is 0 Å². The molecule has 0 bridgehead atoms. The zero-order valence-corrected chi connectivity index (χ0v) is 34.3. The Balaban J connectivity index is 0.975. The lowest BCUT2D eigenvalue weighted by Gasteiger charge is -2.24. The van der Waals surface area contributed by atoms with Crippen molar-refractivity contribution in [3.63, 3.8) is 0 Å². The van der Waals surface area contributed by atoms with E-state index >= 15 is 0 Å². The van der Waals surface area contributed by atoms with Gasteiger partial charge in [0.25, 0.3) is 0 Å². The van der Waals surface area contributed by atoms with E-state index in [-0.39, 0.29) is 93.7 Å². The Bertz CT molecular complexity index is 2460. The van der Waals surface area contributed by atoms with Crippen molar-refractivity contribution in [1.29, 1.82) is 0 Å². The standard InChI is InChI=1S/C44H51N9O8/c1-4-47-23-9-13-27(54)37-33(23)41(58)38-28(55)14-10-24(34(38)42(37)59)48-17-19-51-31(45)7-5-6-8-32(46)52-20-18-49-25-11-15-29(56)39-35(25)43(60)40-30(57)16-12-26(36(40)44(39)61)50-21-22-53(2)3/h9-16,47-50,54-57H,4-8,17-22H2,1-3H3,(H2,45,51)(H2,46,52). The first kappa shape index (κ1) is 43.4. The molecular formula is C44H51N9O8. The molecule has 0 aromatic heterocycles. The number of hydrogen-bond acceptors (Lipinski definition) is 15. The van der Waals surface area contributed by atoms with Crippen molar-refractivity contribution in [2.24, 2.45) is 21.5 Å². The summed E-state index contributed by atoms with van der Waals surface area (Å²) in [5.74, 6) is -2.80. The second-order valence-corrected chi connectivity index (χ2v) is 14.9. The van der Waals surface area contributed by atoms with Gasteiger partial charge in [0.1, 0.15) is 23.0 Å². The summed E-state index contributed by atoms with van der Waals surface area (Å²) >= 11 is 0. The Labute approximate surface area is 352 Å². The van der Waals surface area contributed by atoms with Gasteiger partial charge in [0.2, 0.25) is 23.1 Å². The zero-order chi connectivity index (χ0) is 44.0. The molecule has 0 radical (unpaired) electrons. The van der Waals surface area contributed by atoms with Crippen LogP contribution in [0.2, 0.25) is 0 Å². The molecule has 0 saturated carbocycles. The Morgan fingerprint density at radius 1 is 0.508 bits per heavy atom. The monoisotopic (exact) mass is 833 g/mol. The van der Waals surface area contributed by atoms with Crippen molar-refractivity contribution in [1.82, 2.24) is 4.90 Å². The molecule has 0 fully saturated rings. The van der Waals surface area contributed by atoms with Crippen molar-refractivity contribution in [3.8, 4) is 23.0 Å². The van der Waals surface area contributed by atoms with Crippen LogP contribution in [0.15, 0.2) is 58.5 Å². The lowest BCUT2D eigenvalue weighted by molar-refractivity contribution is 0.0975. The van der Waals surface area contributed by atoms with Gasteiger partial charge in [0.05, 0.1) is 69.3 Å². The van der Waals surface area contributed by atoms with Gasteiger partial charge in [-0.15, -0.1) is 0 Å². The molecule has 0 aliphatic heterocycles. The van der Waals surface area contributed by atoms with Gasteiger partial charge in [-0.2, -0.15) is 0 Å². The van der Waals surface area contributed by atoms with Crippen LogP contribution >= 0.6 is 0 Å². The van der Waals surface area contributed by atoms with Gasteiger partial charge in [-0.1, -0.05) is 0 Å². The Hall–Kier alpha value is -7.14. The predicted octanol–water partition coefficient (Wildman–Crippen LogP) is 4.26. The average molecular weight is 834 g/mol. The molecule has 61 heavy (non-hydrogen) atoms. The van der Waals surface area contributed by atoms with Crippen LogP contribution in [0.5, 0.6) is 23.0 Å². The number of carbonyl (C=O) groups is 4. The number of nitrogens with two attached hydrogens (primary N) is 2. The van der Waals surface area contributed by atoms with E-state index in [4.69, 9.17) is 11.5 Å². The lowest BCUT2D eigenvalue weighted by Crippen LogP contribution is -2.26. The molecule has 0 heterocycles. The number of carbonyl (C=O) groups excluding carboxylic acids is 4. The third kappa shape index (κ3) is 9.06. The first-order chi connectivity index (χ1) is 29.2. The summed E-state index contributed by atoms with van der Waals surface area (Å²) < 4.78 is 0. The molecular weight excluding hydrogens is 783 g/mol. The molecule has 0 saturated heterocycles. The minimum atomic E-state index is -0.587. The summed E-state index contributed by atoms with van der Waals surface area (Å²) in [7, 11) is 3.82. The highest BCUT2D eigenvalue weighted by Gasteiger charge is 2.39. The summed E-state index contributed by atoms with van der Waals surface area (Å²) in [6, 6.07) is 11.5. The number of ketones is 4. The fourth-order valence-corrected chi connectivity index (χ4v) is 7.47. The van der Waals surface area contributed by atoms with Crippen molar-refractivity contribution in [2.45, 2.75) is 32.6 Å². The number of hydrogen-bond donors (Lipinski definition) is 10. The number of phenolic OH excluding ortho intramolecular Hbond substituents is 4. The minimum absolute atomic E-state index is 0.0160. The number of fused-ring (bicyclic) bond motifs is 4. The maximum atomic E-state index is 13.8. The molecule has 2 aliphatic carbocycles. The van der Waals surface area contributed by atoms with Gasteiger partial charge in [0, 0.05) is 68.3 Å². The van der Waals surface area contributed by atoms with Crippen LogP contribution in [0.3, 0.4) is 0 Å². The first-order valence-electron chi connectivity index (χ1n) is 20.0. The molecule has 0 spiro atoms. The third-order valence-electron chi connectivity index (χ3n) is 10.4. The van der Waals surface area contributed by atoms with E-state index in [1.54, 1.807) is 6.07 Å². The van der Waals surface area contributed by atoms with Crippen LogP contribution in [0.1, 0.15) is 96.3 Å². The number of anilines is 4. The van der Waals surface area contributed by atoms with Gasteiger partial charge >= 0.3 is 0 Å². The number of benzene rings is 4. The first-order valence-corrected chi connectivity index (χ1v) is 20.0. The molecule has 0 atom stereocenters. The normalized spacial score (nSPS) is 13.4. The summed E-state index contributed by atoms with van der Waals surface area (Å²) in [4.78, 5) is 65.5. The third-order valence-corrected chi connectivity index (χ3v) is 10.4. The highest BCUT2D eigenvalue weighted by molar-refractivity contribution is 6.34. The number of unbranched alkanes of at least 4 members (excludes halogenated alkanes) is 1. The maximum absolute atomic E-state index is 13.8. The minimum Gasteiger partial charge on any atom is -0.507 e. The molecule has 4 aromatic carbocycles. The number of aliphatic imine (C=N–C) groups is 2. The van der Waals surface area contributed by atoms with E-state index in [9.17, 15) is 39.6 Å². The van der Waals surface area contributed by atoms with E-state index in [1.807, 2.05) is 25.9 Å². The van der Waals surface area contributed by atoms with Crippen molar-refractivity contribution >= 4 is 57.6 Å². The second-order valence-electron chi connectivity index (χ2n) is 14.9. The van der Waals surface area contributed by atoms with Gasteiger partial charge in [0.15, 0.2) is 0 Å². The maximum Gasteiger partial charge on any atom is 0.200 e. The number of aromatic hydroxyl groups is 4. The molecule has 0 amide bonds. The summed E-state index contributed by atoms with van der Waals surface area (Å²) in [6.45, 7) is 4.53. The number of amidine groups is 2. The SMILES string of the molecule is CCNc1ccc(O)c2c1C(=O)c1c(O)ccc(NCCN=C(N)CCCCC(N)=NCCNc3ccc(O)c4c3C(=O)c3c(O)ccc(NCCN(C)C)c3C4=O)c1C2=O. The molecule has 2 aliphatic rings. The fourth-order valence-electron chi connectivity index (χ4n) is 7.47. The molecule has 12 N–H and O–H groups in total. The molecule has 4 aromatic rings. The van der Waals surface area contributed by atoms with Crippen LogP contribution < -0.4 is 32.7 Å². The van der Waals surface area contributed by atoms with E-state index in [2.05, 4.69) is 31.3 Å². The number of phenols is 4. The van der Waals surface area contributed by atoms with Gasteiger partial charge < -0.3 is 58.1 Å². The van der Waals surface area contributed by atoms with Crippen molar-refractivity contribution < 1.29 is 39.6 Å². The molecule has 320 valence electrons. The molecule has 17 nitrogen and oxygen atoms in total. The van der Waals surface area contributed by atoms with Gasteiger partial charge in [-0.05, 0) is 82.4 Å². The lowest BCUT2D eigenvalue weighted by atomic mass is 9.81. The van der Waals surface area contributed by atoms with E-state index in [1.165, 1.54) is 42.5 Å². The zero-order valence-electron chi connectivity index (χ0n) is 34.3. The largest absolute Gasteiger partial charge is 0.507 e. The van der Waals surface area contributed by atoms with E-state index in [0.29, 0.717) is 79.7 Å². The average Bonchev–Trinajstić information content (AvgIpc) is 3.22. The van der Waals surface area contributed by atoms with E-state index < -0.39 is 23.1 Å². The fraction of sp³-hybridized carbons (Fsp3) is 0.318. The molecule has 0 unspecified atom stereocenters. The van der Waals surface area contributed by atoms with Crippen molar-refractivity contribution in [2.75, 3.05) is 81.2 Å². The molecule has 17 heteroatoms. The number of nitrogens with zero attached hydrogens (tertiary/aromatic N) is 3. The Morgan fingerprint density at radius 3 is 1.13 bits per heavy atom. The van der Waals surface area contributed by atoms with Crippen LogP contribution in [0, 0.1) is 0 Å². The predicted molar refractivity (Wildman–Crippen MR) is 236 cm³/mol. The van der Waals surface area contributed by atoms with Crippen LogP contribution in [-0.4, -0.2) is 120 Å².